The number of hydrogen-bond donors (Lipinski definition) is 13. The average Bonchev–Trinajstić information content (AvgIpc) is 3.24. The summed E-state index contributed by atoms with van der Waals surface area (Å²) in [4.78, 5) is 92.2. The van der Waals surface area contributed by atoms with Crippen molar-refractivity contribution in [1.29, 1.82) is 0 Å². The molecule has 2 saturated heterocycles. The highest BCUT2D eigenvalue weighted by Crippen LogP contribution is 2.25. The summed E-state index contributed by atoms with van der Waals surface area (Å²) in [7, 11) is 2.03. The van der Waals surface area contributed by atoms with E-state index >= 15 is 0 Å². The molecule has 2 aromatic rings. The van der Waals surface area contributed by atoms with E-state index in [1.54, 1.807) is 42.5 Å². The van der Waals surface area contributed by atoms with Crippen LogP contribution in [0.3, 0.4) is 0 Å². The largest absolute Gasteiger partial charge is 0.508 e. The number of rotatable bonds is 15. The molecule has 24 heteroatoms. The smallest absolute Gasteiger partial charge is 0.245 e. The standard InChI is InChI=1S/C37H50N8O14S2/c38-21(10-19-6-8-20(47)9-7-19)32(53)44-24-16-60-61-17-25(45-35(56)22(11-18-4-2-1-3-5-18)42-28(49)13-41-34(24)55)36(57)43-23(33(54)40-12-27(39)48)15-58-37-31(52)30(51)29(50)26(14-46)59-37/h1-9,21-26,29-31,37,46-47,50-52H,10-17,38H2,(H2,39,48)(H,40,54)(H,41,55)(H,42,49)(H,43,57)(H,44,53)(H,45,56)/t21-,22-,23-,24?,25+,26+,29+,30-,31+,37-/m0/s1. The Morgan fingerprint density at radius 3 is 2.25 bits per heavy atom. The van der Waals surface area contributed by atoms with Gasteiger partial charge in [-0.3, -0.25) is 33.6 Å². The lowest BCUT2D eigenvalue weighted by Crippen LogP contribution is -2.61. The molecule has 0 spiro atoms. The van der Waals surface area contributed by atoms with Gasteiger partial charge in [-0.1, -0.05) is 64.1 Å². The molecule has 2 aliphatic rings. The summed E-state index contributed by atoms with van der Waals surface area (Å²) in [5, 5.41) is 64.7. The third-order valence-electron chi connectivity index (χ3n) is 9.25. The van der Waals surface area contributed by atoms with Gasteiger partial charge in [-0.25, -0.2) is 0 Å². The first-order valence-corrected chi connectivity index (χ1v) is 21.3. The van der Waals surface area contributed by atoms with E-state index in [1.165, 1.54) is 12.1 Å². The van der Waals surface area contributed by atoms with Crippen molar-refractivity contribution in [3.05, 3.63) is 65.7 Å². The predicted molar refractivity (Wildman–Crippen MR) is 218 cm³/mol. The molecule has 15 N–H and O–H groups in total. The molecule has 0 aliphatic carbocycles. The highest BCUT2D eigenvalue weighted by atomic mass is 33.1. The van der Waals surface area contributed by atoms with Gasteiger partial charge in [0, 0.05) is 17.9 Å². The van der Waals surface area contributed by atoms with E-state index < -0.39 is 129 Å². The zero-order chi connectivity index (χ0) is 44.6. The minimum atomic E-state index is -1.86. The van der Waals surface area contributed by atoms with Crippen molar-refractivity contribution in [2.45, 2.75) is 73.8 Å². The van der Waals surface area contributed by atoms with Crippen LogP contribution < -0.4 is 43.4 Å². The van der Waals surface area contributed by atoms with Gasteiger partial charge in [-0.15, -0.1) is 0 Å². The Bertz CT molecular complexity index is 1830. The monoisotopic (exact) mass is 894 g/mol. The number of amides is 7. The molecule has 22 nitrogen and oxygen atoms in total. The van der Waals surface area contributed by atoms with E-state index in [-0.39, 0.29) is 30.1 Å². The number of nitrogens with two attached hydrogens (primary N) is 2. The zero-order valence-corrected chi connectivity index (χ0v) is 34.1. The average molecular weight is 895 g/mol. The summed E-state index contributed by atoms with van der Waals surface area (Å²) in [6.45, 7) is -2.81. The van der Waals surface area contributed by atoms with Gasteiger partial charge in [0.1, 0.15) is 54.3 Å². The van der Waals surface area contributed by atoms with Crippen LogP contribution in [0.5, 0.6) is 5.75 Å². The fraction of sp³-hybridized carbons (Fsp3) is 0.486. The third-order valence-corrected chi connectivity index (χ3v) is 11.7. The molecule has 10 atom stereocenters. The van der Waals surface area contributed by atoms with E-state index in [9.17, 15) is 59.1 Å². The van der Waals surface area contributed by atoms with Crippen molar-refractivity contribution >= 4 is 62.9 Å². The topological polar surface area (TPSA) is 363 Å². The Hall–Kier alpha value is -5.05. The summed E-state index contributed by atoms with van der Waals surface area (Å²) < 4.78 is 10.8. The molecule has 2 heterocycles. The van der Waals surface area contributed by atoms with Crippen LogP contribution in [-0.4, -0.2) is 166 Å². The number of phenols is 1. The fourth-order valence-corrected chi connectivity index (χ4v) is 8.20. The molecule has 4 rings (SSSR count). The highest BCUT2D eigenvalue weighted by molar-refractivity contribution is 8.76. The van der Waals surface area contributed by atoms with Crippen LogP contribution in [0.25, 0.3) is 0 Å². The van der Waals surface area contributed by atoms with Crippen LogP contribution in [0, 0.1) is 0 Å². The van der Waals surface area contributed by atoms with Gasteiger partial charge in [0.15, 0.2) is 6.29 Å². The first-order valence-electron chi connectivity index (χ1n) is 18.8. The van der Waals surface area contributed by atoms with Gasteiger partial charge in [-0.2, -0.15) is 0 Å². The highest BCUT2D eigenvalue weighted by Gasteiger charge is 2.44. The Morgan fingerprint density at radius 2 is 1.57 bits per heavy atom. The SMILES string of the molecule is NC(=O)CNC(=O)[C@H](CO[C@H]1O[C@H](CO)[C@@H](O)[C@H](O)[C@H]1O)NC(=O)[C@H]1CSSCC(NC(=O)[C@@H](N)Cc2ccc(O)cc2)C(=O)NCC(=O)N[C@@H](Cc2ccccc2)C(=O)N1. The first kappa shape index (κ1) is 48.6. The number of aliphatic hydroxyl groups is 4. The number of benzene rings is 2. The molecule has 0 saturated carbocycles. The summed E-state index contributed by atoms with van der Waals surface area (Å²) in [5.41, 5.74) is 12.6. The molecule has 1 unspecified atom stereocenters. The summed E-state index contributed by atoms with van der Waals surface area (Å²) in [6, 6.07) is 7.85. The van der Waals surface area contributed by atoms with Crippen molar-refractivity contribution in [3.8, 4) is 5.75 Å². The van der Waals surface area contributed by atoms with E-state index in [1.807, 2.05) is 0 Å². The molecule has 334 valence electrons. The molecule has 61 heavy (non-hydrogen) atoms. The molecular weight excluding hydrogens is 845 g/mol. The molecule has 0 aromatic heterocycles. The van der Waals surface area contributed by atoms with E-state index in [4.69, 9.17) is 20.9 Å². The lowest BCUT2D eigenvalue weighted by molar-refractivity contribution is -0.301. The van der Waals surface area contributed by atoms with E-state index in [0.717, 1.165) is 21.6 Å². The number of nitrogens with one attached hydrogen (secondary N) is 6. The van der Waals surface area contributed by atoms with Gasteiger partial charge in [0.05, 0.1) is 32.3 Å². The predicted octanol–water partition coefficient (Wildman–Crippen LogP) is -5.63. The van der Waals surface area contributed by atoms with Crippen LogP contribution in [0.15, 0.2) is 54.6 Å². The van der Waals surface area contributed by atoms with Crippen LogP contribution >= 0.6 is 21.6 Å². The van der Waals surface area contributed by atoms with E-state index in [0.29, 0.717) is 11.1 Å². The summed E-state index contributed by atoms with van der Waals surface area (Å²) in [5.74, 6) is -6.26. The second-order valence-electron chi connectivity index (χ2n) is 14.0. The quantitative estimate of drug-likeness (QED) is 0.0741. The van der Waals surface area contributed by atoms with Gasteiger partial charge in [0.25, 0.3) is 0 Å². The summed E-state index contributed by atoms with van der Waals surface area (Å²) in [6.07, 6.45) is -8.46. The number of aromatic hydroxyl groups is 1. The van der Waals surface area contributed by atoms with Crippen molar-refractivity contribution in [3.63, 3.8) is 0 Å². The number of primary amides is 1. The normalized spacial score (nSPS) is 26.2. The van der Waals surface area contributed by atoms with Crippen molar-refractivity contribution in [2.24, 2.45) is 11.5 Å². The van der Waals surface area contributed by atoms with Crippen LogP contribution in [0.1, 0.15) is 11.1 Å². The minimum Gasteiger partial charge on any atom is -0.508 e. The Balaban J connectivity index is 1.55. The number of carbonyl (C=O) groups is 7. The number of hydrogen-bond acceptors (Lipinski definition) is 17. The molecule has 2 fully saturated rings. The Morgan fingerprint density at radius 1 is 0.885 bits per heavy atom. The second kappa shape index (κ2) is 23.8. The lowest BCUT2D eigenvalue weighted by Gasteiger charge is -2.40. The van der Waals surface area contributed by atoms with E-state index in [2.05, 4.69) is 31.9 Å². The molecule has 0 bridgehead atoms. The maximum atomic E-state index is 14.0. The third kappa shape index (κ3) is 15.1. The molecule has 2 aromatic carbocycles. The first-order chi connectivity index (χ1) is 29.1. The maximum absolute atomic E-state index is 14.0. The zero-order valence-electron chi connectivity index (χ0n) is 32.5. The molecule has 2 aliphatic heterocycles. The van der Waals surface area contributed by atoms with Gasteiger partial charge < -0.3 is 78.4 Å². The molecule has 0 radical (unpaired) electrons. The lowest BCUT2D eigenvalue weighted by atomic mass is 9.99. The Labute approximate surface area is 357 Å². The van der Waals surface area contributed by atoms with Gasteiger partial charge in [0.2, 0.25) is 41.4 Å². The number of ether oxygens (including phenoxy) is 2. The van der Waals surface area contributed by atoms with Crippen molar-refractivity contribution < 1.29 is 68.6 Å². The minimum absolute atomic E-state index is 0.0220. The van der Waals surface area contributed by atoms with Crippen LogP contribution in [0.2, 0.25) is 0 Å². The van der Waals surface area contributed by atoms with Gasteiger partial charge in [-0.05, 0) is 29.7 Å². The van der Waals surface area contributed by atoms with Crippen molar-refractivity contribution in [2.75, 3.05) is 37.8 Å². The van der Waals surface area contributed by atoms with Crippen LogP contribution in [0.4, 0.5) is 0 Å². The Kier molecular flexibility index (Phi) is 19.0. The van der Waals surface area contributed by atoms with Crippen molar-refractivity contribution in [1.82, 2.24) is 31.9 Å². The molecule has 7 amide bonds. The summed E-state index contributed by atoms with van der Waals surface area (Å²) >= 11 is 0. The van der Waals surface area contributed by atoms with Gasteiger partial charge >= 0.3 is 0 Å². The fourth-order valence-electron chi connectivity index (χ4n) is 5.87. The van der Waals surface area contributed by atoms with Crippen LogP contribution in [-0.2, 0) is 55.9 Å². The molecular formula is C37H50N8O14S2. The maximum Gasteiger partial charge on any atom is 0.245 e. The second-order valence-corrected chi connectivity index (χ2v) is 16.5. The number of aliphatic hydroxyl groups excluding tert-OH is 4. The number of carbonyl (C=O) groups excluding carboxylic acids is 7. The number of phenolic OH excluding ortho intramolecular Hbond substituents is 1.